The second kappa shape index (κ2) is 4.99. The van der Waals surface area contributed by atoms with Gasteiger partial charge in [0.25, 0.3) is 0 Å². The Bertz CT molecular complexity index is 379. The molecule has 1 aromatic carbocycles. The van der Waals surface area contributed by atoms with Crippen LogP contribution in [-0.4, -0.2) is 19.9 Å². The fourth-order valence-electron chi connectivity index (χ4n) is 1.12. The highest BCUT2D eigenvalue weighted by atomic mass is 35.5. The summed E-state index contributed by atoms with van der Waals surface area (Å²) < 4.78 is 0. The highest BCUT2D eigenvalue weighted by molar-refractivity contribution is 6.44. The van der Waals surface area contributed by atoms with Crippen molar-refractivity contribution in [1.29, 1.82) is 0 Å². The first-order valence-electron chi connectivity index (χ1n) is 4.66. The van der Waals surface area contributed by atoms with Crippen molar-refractivity contribution in [2.24, 2.45) is 0 Å². The lowest BCUT2D eigenvalue weighted by molar-refractivity contribution is -0.112. The maximum Gasteiger partial charge on any atom is 0.171 e. The molecule has 1 aromatic rings. The molecule has 0 fully saturated rings. The third kappa shape index (κ3) is 3.40. The average molecular weight is 224 g/mol. The van der Waals surface area contributed by atoms with E-state index in [2.05, 4.69) is 0 Å². The summed E-state index contributed by atoms with van der Waals surface area (Å²) in [5.74, 6) is -0.117. The standard InChI is InChI=1S/C12H14ClNO/c1-9(15)12(13)8-10-4-6-11(7-5-10)14(2)3/h4-8H,1-3H3. The largest absolute Gasteiger partial charge is 0.378 e. The molecule has 0 bridgehead atoms. The molecule has 0 N–H and O–H groups in total. The predicted octanol–water partition coefficient (Wildman–Crippen LogP) is 2.92. The number of halogens is 1. The lowest BCUT2D eigenvalue weighted by Crippen LogP contribution is -2.07. The molecule has 1 rings (SSSR count). The highest BCUT2D eigenvalue weighted by Crippen LogP contribution is 2.16. The van der Waals surface area contributed by atoms with E-state index in [0.29, 0.717) is 0 Å². The van der Waals surface area contributed by atoms with Gasteiger partial charge in [0.2, 0.25) is 0 Å². The van der Waals surface area contributed by atoms with Gasteiger partial charge in [0, 0.05) is 26.7 Å². The number of allylic oxidation sites excluding steroid dienone is 1. The molecule has 0 radical (unpaired) electrons. The van der Waals surface area contributed by atoms with Crippen molar-refractivity contribution < 1.29 is 4.79 Å². The van der Waals surface area contributed by atoms with Crippen LogP contribution in [0.4, 0.5) is 5.69 Å². The van der Waals surface area contributed by atoms with E-state index in [-0.39, 0.29) is 10.8 Å². The molecule has 0 aliphatic rings. The van der Waals surface area contributed by atoms with Crippen LogP contribution in [0.25, 0.3) is 6.08 Å². The van der Waals surface area contributed by atoms with Crippen LogP contribution in [0.15, 0.2) is 29.3 Å². The number of ketones is 1. The van der Waals surface area contributed by atoms with Crippen LogP contribution in [0.1, 0.15) is 12.5 Å². The van der Waals surface area contributed by atoms with Gasteiger partial charge in [-0.3, -0.25) is 4.79 Å². The van der Waals surface area contributed by atoms with E-state index >= 15 is 0 Å². The van der Waals surface area contributed by atoms with Crippen LogP contribution >= 0.6 is 11.6 Å². The number of anilines is 1. The smallest absolute Gasteiger partial charge is 0.171 e. The molecular formula is C12H14ClNO. The first kappa shape index (κ1) is 11.8. The van der Waals surface area contributed by atoms with Crippen molar-refractivity contribution in [3.63, 3.8) is 0 Å². The molecule has 0 saturated carbocycles. The number of carbonyl (C=O) groups is 1. The maximum absolute atomic E-state index is 10.9. The first-order chi connectivity index (χ1) is 7.00. The fourth-order valence-corrected chi connectivity index (χ4v) is 1.24. The molecule has 3 heteroatoms. The van der Waals surface area contributed by atoms with Gasteiger partial charge in [0.1, 0.15) is 0 Å². The van der Waals surface area contributed by atoms with Crippen LogP contribution in [0.3, 0.4) is 0 Å². The zero-order valence-corrected chi connectivity index (χ0v) is 9.88. The summed E-state index contributed by atoms with van der Waals surface area (Å²) in [5.41, 5.74) is 2.05. The highest BCUT2D eigenvalue weighted by Gasteiger charge is 1.99. The Morgan fingerprint density at radius 3 is 2.20 bits per heavy atom. The summed E-state index contributed by atoms with van der Waals surface area (Å²) in [6, 6.07) is 7.83. The van der Waals surface area contributed by atoms with E-state index < -0.39 is 0 Å². The van der Waals surface area contributed by atoms with Crippen LogP contribution < -0.4 is 4.90 Å². The first-order valence-corrected chi connectivity index (χ1v) is 5.04. The molecule has 0 aromatic heterocycles. The average Bonchev–Trinajstić information content (AvgIpc) is 2.18. The molecule has 0 saturated heterocycles. The van der Waals surface area contributed by atoms with Crippen LogP contribution in [0, 0.1) is 0 Å². The van der Waals surface area contributed by atoms with Crippen molar-refractivity contribution in [3.8, 4) is 0 Å². The van der Waals surface area contributed by atoms with Crippen LogP contribution in [-0.2, 0) is 4.79 Å². The summed E-state index contributed by atoms with van der Waals surface area (Å²) in [4.78, 5) is 12.9. The minimum absolute atomic E-state index is 0.117. The Morgan fingerprint density at radius 2 is 1.80 bits per heavy atom. The lowest BCUT2D eigenvalue weighted by Gasteiger charge is -2.11. The van der Waals surface area contributed by atoms with Crippen LogP contribution in [0.2, 0.25) is 0 Å². The second-order valence-corrected chi connectivity index (χ2v) is 3.94. The van der Waals surface area contributed by atoms with Crippen molar-refractivity contribution in [2.75, 3.05) is 19.0 Å². The third-order valence-electron chi connectivity index (χ3n) is 2.04. The van der Waals surface area contributed by atoms with Gasteiger partial charge in [-0.25, -0.2) is 0 Å². The summed E-state index contributed by atoms with van der Waals surface area (Å²) in [6.07, 6.45) is 1.67. The van der Waals surface area contributed by atoms with Gasteiger partial charge in [0.15, 0.2) is 5.78 Å². The molecule has 0 aliphatic heterocycles. The summed E-state index contributed by atoms with van der Waals surface area (Å²) >= 11 is 5.75. The number of benzene rings is 1. The van der Waals surface area contributed by atoms with E-state index in [1.54, 1.807) is 6.08 Å². The molecule has 0 unspecified atom stereocenters. The SMILES string of the molecule is CC(=O)C(Cl)=Cc1ccc(N(C)C)cc1. The molecule has 15 heavy (non-hydrogen) atoms. The number of rotatable bonds is 3. The Morgan fingerprint density at radius 1 is 1.27 bits per heavy atom. The number of carbonyl (C=O) groups excluding carboxylic acids is 1. The summed E-state index contributed by atoms with van der Waals surface area (Å²) in [5, 5.41) is 0.257. The van der Waals surface area contributed by atoms with Crippen molar-refractivity contribution >= 4 is 29.1 Å². The molecule has 0 spiro atoms. The van der Waals surface area contributed by atoms with Crippen molar-refractivity contribution in [1.82, 2.24) is 0 Å². The minimum Gasteiger partial charge on any atom is -0.378 e. The number of nitrogens with zero attached hydrogens (tertiary/aromatic N) is 1. The molecule has 80 valence electrons. The lowest BCUT2D eigenvalue weighted by atomic mass is 10.2. The third-order valence-corrected chi connectivity index (χ3v) is 2.41. The van der Waals surface area contributed by atoms with E-state index in [1.165, 1.54) is 6.92 Å². The van der Waals surface area contributed by atoms with Crippen molar-refractivity contribution in [2.45, 2.75) is 6.92 Å². The molecule has 0 atom stereocenters. The maximum atomic E-state index is 10.9. The molecule has 0 aliphatic carbocycles. The molecular weight excluding hydrogens is 210 g/mol. The van der Waals surface area contributed by atoms with Crippen LogP contribution in [0.5, 0.6) is 0 Å². The summed E-state index contributed by atoms with van der Waals surface area (Å²) in [7, 11) is 3.96. The zero-order valence-electron chi connectivity index (χ0n) is 9.12. The summed E-state index contributed by atoms with van der Waals surface area (Å²) in [6.45, 7) is 1.45. The zero-order chi connectivity index (χ0) is 11.4. The monoisotopic (exact) mass is 223 g/mol. The number of Topliss-reactive ketones (excluding diaryl/α,β-unsaturated/α-hetero) is 1. The predicted molar refractivity (Wildman–Crippen MR) is 65.3 cm³/mol. The molecule has 2 nitrogen and oxygen atoms in total. The van der Waals surface area contributed by atoms with Gasteiger partial charge in [-0.15, -0.1) is 0 Å². The van der Waals surface area contributed by atoms with E-state index in [4.69, 9.17) is 11.6 Å². The van der Waals surface area contributed by atoms with E-state index in [9.17, 15) is 4.79 Å². The van der Waals surface area contributed by atoms with E-state index in [1.807, 2.05) is 43.3 Å². The second-order valence-electron chi connectivity index (χ2n) is 3.53. The topological polar surface area (TPSA) is 20.3 Å². The van der Waals surface area contributed by atoms with E-state index in [0.717, 1.165) is 11.3 Å². The van der Waals surface area contributed by atoms with Gasteiger partial charge >= 0.3 is 0 Å². The Labute approximate surface area is 95.2 Å². The van der Waals surface area contributed by atoms with Gasteiger partial charge in [-0.1, -0.05) is 23.7 Å². The fraction of sp³-hybridized carbons (Fsp3) is 0.250. The van der Waals surface area contributed by atoms with Crippen molar-refractivity contribution in [3.05, 3.63) is 34.9 Å². The van der Waals surface area contributed by atoms with Gasteiger partial charge in [-0.2, -0.15) is 0 Å². The van der Waals surface area contributed by atoms with Gasteiger partial charge in [0.05, 0.1) is 5.03 Å². The normalized spacial score (nSPS) is 11.3. The molecule has 0 amide bonds. The van der Waals surface area contributed by atoms with Gasteiger partial charge < -0.3 is 4.90 Å². The Balaban J connectivity index is 2.90. The Kier molecular flexibility index (Phi) is 3.92. The Hall–Kier alpha value is -1.28. The van der Waals surface area contributed by atoms with Gasteiger partial charge in [-0.05, 0) is 23.8 Å². The number of hydrogen-bond acceptors (Lipinski definition) is 2. The minimum atomic E-state index is -0.117. The molecule has 0 heterocycles. The number of hydrogen-bond donors (Lipinski definition) is 0. The quantitative estimate of drug-likeness (QED) is 0.735.